The fourth-order valence-corrected chi connectivity index (χ4v) is 2.63. The van der Waals surface area contributed by atoms with Crippen molar-refractivity contribution in [2.24, 2.45) is 0 Å². The van der Waals surface area contributed by atoms with Crippen LogP contribution in [-0.2, 0) is 0 Å². The molecular formula is C12H17N3OS. The van der Waals surface area contributed by atoms with Gasteiger partial charge >= 0.3 is 0 Å². The largest absolute Gasteiger partial charge is 0.497 e. The molecule has 4 nitrogen and oxygen atoms in total. The standard InChI is InChI=1S/C12H17N3OS/c1-8(7-17-3)15-11-5-4-9(16-2)6-10(11)14-12(15)13/h4-6,8H,7H2,1-3H3,(H2,13,14). The minimum absolute atomic E-state index is 0.336. The lowest BCUT2D eigenvalue weighted by Gasteiger charge is -2.14. The van der Waals surface area contributed by atoms with Crippen molar-refractivity contribution in [2.45, 2.75) is 13.0 Å². The smallest absolute Gasteiger partial charge is 0.201 e. The minimum atomic E-state index is 0.336. The molecule has 0 saturated heterocycles. The van der Waals surface area contributed by atoms with E-state index >= 15 is 0 Å². The van der Waals surface area contributed by atoms with Crippen molar-refractivity contribution in [1.82, 2.24) is 9.55 Å². The van der Waals surface area contributed by atoms with Crippen LogP contribution in [0.2, 0.25) is 0 Å². The quantitative estimate of drug-likeness (QED) is 0.907. The molecule has 1 aromatic carbocycles. The Hall–Kier alpha value is -1.36. The fraction of sp³-hybridized carbons (Fsp3) is 0.417. The molecule has 2 aromatic rings. The number of thioether (sulfide) groups is 1. The first kappa shape index (κ1) is 12.1. The van der Waals surface area contributed by atoms with Gasteiger partial charge in [0.2, 0.25) is 5.95 Å². The maximum absolute atomic E-state index is 5.98. The van der Waals surface area contributed by atoms with Gasteiger partial charge in [-0.05, 0) is 25.3 Å². The van der Waals surface area contributed by atoms with Gasteiger partial charge in [0.25, 0.3) is 0 Å². The van der Waals surface area contributed by atoms with E-state index in [-0.39, 0.29) is 0 Å². The van der Waals surface area contributed by atoms with Crippen molar-refractivity contribution >= 4 is 28.7 Å². The Morgan fingerprint density at radius 1 is 1.53 bits per heavy atom. The second-order valence-electron chi connectivity index (χ2n) is 4.00. The molecule has 2 rings (SSSR count). The summed E-state index contributed by atoms with van der Waals surface area (Å²) in [5.41, 5.74) is 7.92. The van der Waals surface area contributed by atoms with Gasteiger partial charge in [0.1, 0.15) is 5.75 Å². The molecule has 0 radical (unpaired) electrons. The van der Waals surface area contributed by atoms with Gasteiger partial charge in [-0.1, -0.05) is 0 Å². The first-order chi connectivity index (χ1) is 8.17. The van der Waals surface area contributed by atoms with E-state index in [0.29, 0.717) is 12.0 Å². The van der Waals surface area contributed by atoms with E-state index in [1.165, 1.54) is 0 Å². The average Bonchev–Trinajstić information content (AvgIpc) is 2.64. The van der Waals surface area contributed by atoms with Gasteiger partial charge < -0.3 is 15.0 Å². The van der Waals surface area contributed by atoms with Crippen LogP contribution in [0.5, 0.6) is 5.75 Å². The molecule has 1 unspecified atom stereocenters. The van der Waals surface area contributed by atoms with Crippen molar-refractivity contribution in [2.75, 3.05) is 24.9 Å². The Bertz CT molecular complexity index is 524. The van der Waals surface area contributed by atoms with E-state index in [2.05, 4.69) is 22.7 Å². The van der Waals surface area contributed by atoms with Crippen molar-refractivity contribution in [1.29, 1.82) is 0 Å². The predicted molar refractivity (Wildman–Crippen MR) is 73.8 cm³/mol. The minimum Gasteiger partial charge on any atom is -0.497 e. The molecule has 0 aliphatic heterocycles. The van der Waals surface area contributed by atoms with Gasteiger partial charge in [0.15, 0.2) is 0 Å². The highest BCUT2D eigenvalue weighted by Crippen LogP contribution is 2.27. The Morgan fingerprint density at radius 2 is 2.29 bits per heavy atom. The first-order valence-electron chi connectivity index (χ1n) is 5.47. The highest BCUT2D eigenvalue weighted by atomic mass is 32.2. The molecule has 2 N–H and O–H groups in total. The zero-order valence-electron chi connectivity index (χ0n) is 10.3. The van der Waals surface area contributed by atoms with Crippen LogP contribution in [-0.4, -0.2) is 28.7 Å². The van der Waals surface area contributed by atoms with E-state index in [1.807, 2.05) is 18.2 Å². The van der Waals surface area contributed by atoms with Crippen molar-refractivity contribution in [3.05, 3.63) is 18.2 Å². The maximum atomic E-state index is 5.98. The Morgan fingerprint density at radius 3 is 2.94 bits per heavy atom. The summed E-state index contributed by atoms with van der Waals surface area (Å²) in [7, 11) is 1.65. The van der Waals surface area contributed by atoms with Crippen LogP contribution >= 0.6 is 11.8 Å². The van der Waals surface area contributed by atoms with Gasteiger partial charge in [0, 0.05) is 17.9 Å². The van der Waals surface area contributed by atoms with Crippen LogP contribution in [0.1, 0.15) is 13.0 Å². The number of benzene rings is 1. The highest BCUT2D eigenvalue weighted by molar-refractivity contribution is 7.98. The van der Waals surface area contributed by atoms with E-state index in [1.54, 1.807) is 18.9 Å². The van der Waals surface area contributed by atoms with Crippen molar-refractivity contribution in [3.8, 4) is 5.75 Å². The summed E-state index contributed by atoms with van der Waals surface area (Å²) in [5, 5.41) is 0. The van der Waals surface area contributed by atoms with Gasteiger partial charge in [-0.15, -0.1) is 0 Å². The summed E-state index contributed by atoms with van der Waals surface area (Å²) < 4.78 is 7.26. The summed E-state index contributed by atoms with van der Waals surface area (Å²) in [6.45, 7) is 2.15. The first-order valence-corrected chi connectivity index (χ1v) is 6.87. The van der Waals surface area contributed by atoms with Crippen molar-refractivity contribution in [3.63, 3.8) is 0 Å². The normalized spacial score (nSPS) is 12.9. The number of hydrogen-bond acceptors (Lipinski definition) is 4. The lowest BCUT2D eigenvalue weighted by atomic mass is 10.3. The monoisotopic (exact) mass is 251 g/mol. The van der Waals surface area contributed by atoms with Crippen LogP contribution in [0.3, 0.4) is 0 Å². The van der Waals surface area contributed by atoms with Gasteiger partial charge in [-0.2, -0.15) is 11.8 Å². The van der Waals surface area contributed by atoms with Crippen LogP contribution < -0.4 is 10.5 Å². The van der Waals surface area contributed by atoms with E-state index < -0.39 is 0 Å². The third-order valence-electron chi connectivity index (χ3n) is 2.77. The molecule has 1 atom stereocenters. The molecule has 1 aromatic heterocycles. The number of fused-ring (bicyclic) bond motifs is 1. The van der Waals surface area contributed by atoms with Crippen LogP contribution in [0.25, 0.3) is 11.0 Å². The molecule has 0 spiro atoms. The topological polar surface area (TPSA) is 53.1 Å². The molecule has 17 heavy (non-hydrogen) atoms. The molecule has 5 heteroatoms. The summed E-state index contributed by atoms with van der Waals surface area (Å²) in [4.78, 5) is 4.38. The predicted octanol–water partition coefficient (Wildman–Crippen LogP) is 2.55. The summed E-state index contributed by atoms with van der Waals surface area (Å²) in [6, 6.07) is 6.19. The number of ether oxygens (including phenoxy) is 1. The summed E-state index contributed by atoms with van der Waals surface area (Å²) in [6.07, 6.45) is 2.09. The number of nitrogen functional groups attached to an aromatic ring is 1. The molecule has 0 aliphatic carbocycles. The number of methoxy groups -OCH3 is 1. The van der Waals surface area contributed by atoms with Crippen LogP contribution in [0.4, 0.5) is 5.95 Å². The maximum Gasteiger partial charge on any atom is 0.201 e. The molecule has 92 valence electrons. The summed E-state index contributed by atoms with van der Waals surface area (Å²) >= 11 is 1.80. The molecule has 0 saturated carbocycles. The fourth-order valence-electron chi connectivity index (χ4n) is 2.00. The SMILES string of the molecule is COc1ccc2c(c1)nc(N)n2C(C)CSC. The Kier molecular flexibility index (Phi) is 3.47. The zero-order valence-corrected chi connectivity index (χ0v) is 11.1. The molecule has 0 amide bonds. The third kappa shape index (κ3) is 2.20. The van der Waals surface area contributed by atoms with E-state index in [0.717, 1.165) is 22.5 Å². The lowest BCUT2D eigenvalue weighted by molar-refractivity contribution is 0.415. The number of nitrogens with zero attached hydrogens (tertiary/aromatic N) is 2. The number of aromatic nitrogens is 2. The number of imidazole rings is 1. The number of nitrogens with two attached hydrogens (primary N) is 1. The van der Waals surface area contributed by atoms with Crippen molar-refractivity contribution < 1.29 is 4.74 Å². The zero-order chi connectivity index (χ0) is 12.4. The molecule has 0 bridgehead atoms. The molecular weight excluding hydrogens is 234 g/mol. The van der Waals surface area contributed by atoms with E-state index in [9.17, 15) is 0 Å². The molecule has 0 fully saturated rings. The second-order valence-corrected chi connectivity index (χ2v) is 4.91. The number of hydrogen-bond donors (Lipinski definition) is 1. The summed E-state index contributed by atoms with van der Waals surface area (Å²) in [5.74, 6) is 2.39. The van der Waals surface area contributed by atoms with Gasteiger partial charge in [-0.3, -0.25) is 0 Å². The third-order valence-corrected chi connectivity index (χ3v) is 3.59. The van der Waals surface area contributed by atoms with Gasteiger partial charge in [-0.25, -0.2) is 4.98 Å². The van der Waals surface area contributed by atoms with E-state index in [4.69, 9.17) is 10.5 Å². The molecule has 0 aliphatic rings. The Labute approximate surface area is 105 Å². The number of rotatable bonds is 4. The van der Waals surface area contributed by atoms with Gasteiger partial charge in [0.05, 0.1) is 18.1 Å². The lowest BCUT2D eigenvalue weighted by Crippen LogP contribution is -2.10. The van der Waals surface area contributed by atoms with Crippen LogP contribution in [0.15, 0.2) is 18.2 Å². The second kappa shape index (κ2) is 4.87. The number of anilines is 1. The average molecular weight is 251 g/mol. The molecule has 1 heterocycles. The highest BCUT2D eigenvalue weighted by Gasteiger charge is 2.13. The Balaban J connectivity index is 2.52. The van der Waals surface area contributed by atoms with Crippen LogP contribution in [0, 0.1) is 0 Å².